The molecule has 3 nitrogen and oxygen atoms in total. The highest BCUT2D eigenvalue weighted by Gasteiger charge is 2.60. The molecule has 3 atom stereocenters. The molecule has 1 aliphatic carbocycles. The molecule has 2 aliphatic heterocycles. The third-order valence-electron chi connectivity index (χ3n) is 5.65. The molecule has 1 spiro atoms. The number of ether oxygens (including phenoxy) is 3. The second-order valence-corrected chi connectivity index (χ2v) is 6.86. The molecule has 2 bridgehead atoms. The molecule has 22 heavy (non-hydrogen) atoms. The van der Waals surface area contributed by atoms with E-state index in [4.69, 9.17) is 14.2 Å². The molecular weight excluding hydrogens is 276 g/mol. The maximum atomic E-state index is 6.24. The lowest BCUT2D eigenvalue weighted by Gasteiger charge is -2.46. The normalized spacial score (nSPS) is 35.9. The lowest BCUT2D eigenvalue weighted by Crippen LogP contribution is -2.47. The molecule has 3 heteroatoms. The smallest absolute Gasteiger partial charge is 0.200 e. The fourth-order valence-corrected chi connectivity index (χ4v) is 4.46. The van der Waals surface area contributed by atoms with Crippen molar-refractivity contribution < 1.29 is 14.2 Å². The van der Waals surface area contributed by atoms with Gasteiger partial charge < -0.3 is 14.2 Å². The van der Waals surface area contributed by atoms with Gasteiger partial charge in [-0.05, 0) is 30.9 Å². The Labute approximate surface area is 132 Å². The van der Waals surface area contributed by atoms with Crippen molar-refractivity contribution in [1.82, 2.24) is 0 Å². The zero-order valence-electron chi connectivity index (χ0n) is 13.0. The highest BCUT2D eigenvalue weighted by Crippen LogP contribution is 2.59. The third kappa shape index (κ3) is 2.37. The first kappa shape index (κ1) is 14.3. The molecule has 0 amide bonds. The van der Waals surface area contributed by atoms with Crippen molar-refractivity contribution in [1.29, 1.82) is 0 Å². The zero-order chi connectivity index (χ0) is 14.9. The Morgan fingerprint density at radius 3 is 2.91 bits per heavy atom. The third-order valence-corrected chi connectivity index (χ3v) is 5.65. The van der Waals surface area contributed by atoms with Crippen LogP contribution < -0.4 is 0 Å². The quantitative estimate of drug-likeness (QED) is 0.763. The van der Waals surface area contributed by atoms with Gasteiger partial charge in [-0.1, -0.05) is 43.2 Å². The van der Waals surface area contributed by atoms with Crippen LogP contribution in [0.5, 0.6) is 0 Å². The van der Waals surface area contributed by atoms with E-state index in [0.717, 1.165) is 25.9 Å². The van der Waals surface area contributed by atoms with Gasteiger partial charge in [-0.15, -0.1) is 0 Å². The van der Waals surface area contributed by atoms with Gasteiger partial charge in [0.2, 0.25) is 6.29 Å². The summed E-state index contributed by atoms with van der Waals surface area (Å²) in [5.74, 6) is 0. The summed E-state index contributed by atoms with van der Waals surface area (Å²) in [6.45, 7) is 1.49. The maximum absolute atomic E-state index is 6.24. The van der Waals surface area contributed by atoms with Crippen molar-refractivity contribution in [2.45, 2.75) is 57.0 Å². The molecule has 0 unspecified atom stereocenters. The van der Waals surface area contributed by atoms with Crippen molar-refractivity contribution in [2.24, 2.45) is 5.41 Å². The van der Waals surface area contributed by atoms with Crippen LogP contribution in [-0.2, 0) is 20.8 Å². The fraction of sp³-hybridized carbons (Fsp3) is 0.579. The standard InChI is InChI=1S/C19H24O3/c1-2-6-16(7-3-1)15-20-12-10-18-8-4-5-9-19(18)11-13-21-17(14-18)22-19/h1-3,6-7,11,13,17H,4-5,8-10,12,14-15H2/t17-,18-,19-/m1/s1. The summed E-state index contributed by atoms with van der Waals surface area (Å²) in [4.78, 5) is 0. The van der Waals surface area contributed by atoms with Crippen LogP contribution in [0.3, 0.4) is 0 Å². The predicted octanol–water partition coefficient (Wildman–Crippen LogP) is 4.18. The first-order chi connectivity index (χ1) is 10.8. The van der Waals surface area contributed by atoms with E-state index < -0.39 is 0 Å². The topological polar surface area (TPSA) is 27.7 Å². The minimum atomic E-state index is -0.0930. The van der Waals surface area contributed by atoms with Gasteiger partial charge in [-0.2, -0.15) is 0 Å². The Balaban J connectivity index is 1.39. The minimum Gasteiger partial charge on any atom is -0.473 e. The maximum Gasteiger partial charge on any atom is 0.200 e. The number of fused-ring (bicyclic) bond motifs is 1. The number of rotatable bonds is 5. The molecule has 1 aromatic carbocycles. The summed E-state index contributed by atoms with van der Waals surface area (Å²) in [7, 11) is 0. The lowest BCUT2D eigenvalue weighted by molar-refractivity contribution is -0.164. The van der Waals surface area contributed by atoms with Crippen LogP contribution in [0.2, 0.25) is 0 Å². The van der Waals surface area contributed by atoms with E-state index in [2.05, 4.69) is 30.3 Å². The first-order valence-electron chi connectivity index (χ1n) is 8.45. The van der Waals surface area contributed by atoms with Crippen LogP contribution in [0.1, 0.15) is 44.1 Å². The van der Waals surface area contributed by atoms with Crippen molar-refractivity contribution >= 4 is 0 Å². The number of hydrogen-bond acceptors (Lipinski definition) is 3. The number of hydrogen-bond donors (Lipinski definition) is 0. The first-order valence-corrected chi connectivity index (χ1v) is 8.45. The monoisotopic (exact) mass is 300 g/mol. The molecule has 1 aromatic rings. The van der Waals surface area contributed by atoms with Crippen molar-refractivity contribution in [3.05, 3.63) is 48.2 Å². The molecule has 2 heterocycles. The Morgan fingerprint density at radius 1 is 1.14 bits per heavy atom. The van der Waals surface area contributed by atoms with Gasteiger partial charge in [0.05, 0.1) is 18.5 Å². The Kier molecular flexibility index (Phi) is 3.71. The Bertz CT molecular complexity index is 541. The van der Waals surface area contributed by atoms with Gasteiger partial charge in [-0.3, -0.25) is 0 Å². The molecule has 4 rings (SSSR count). The van der Waals surface area contributed by atoms with E-state index in [9.17, 15) is 0 Å². The zero-order valence-corrected chi connectivity index (χ0v) is 13.0. The fourth-order valence-electron chi connectivity index (χ4n) is 4.46. The van der Waals surface area contributed by atoms with Gasteiger partial charge in [0.25, 0.3) is 0 Å². The number of benzene rings is 1. The van der Waals surface area contributed by atoms with Crippen LogP contribution in [0.4, 0.5) is 0 Å². The SMILES string of the molecule is C1=C[C@]23CCCC[C@@]2(CCOCc2ccccc2)C[C@H](O1)O3. The summed E-state index contributed by atoms with van der Waals surface area (Å²) in [6.07, 6.45) is 11.0. The second kappa shape index (κ2) is 5.71. The Hall–Kier alpha value is -1.32. The van der Waals surface area contributed by atoms with E-state index >= 15 is 0 Å². The minimum absolute atomic E-state index is 0.0442. The van der Waals surface area contributed by atoms with Crippen molar-refractivity contribution in [2.75, 3.05) is 6.61 Å². The largest absolute Gasteiger partial charge is 0.473 e. The highest BCUT2D eigenvalue weighted by atomic mass is 16.7. The van der Waals surface area contributed by atoms with Crippen molar-refractivity contribution in [3.8, 4) is 0 Å². The van der Waals surface area contributed by atoms with Gasteiger partial charge in [0, 0.05) is 18.4 Å². The lowest BCUT2D eigenvalue weighted by atomic mass is 9.61. The van der Waals surface area contributed by atoms with Gasteiger partial charge in [0.15, 0.2) is 0 Å². The molecule has 1 saturated heterocycles. The molecule has 0 N–H and O–H groups in total. The van der Waals surface area contributed by atoms with Crippen LogP contribution in [0.15, 0.2) is 42.7 Å². The molecule has 0 aromatic heterocycles. The average Bonchev–Trinajstić information content (AvgIpc) is 2.79. The van der Waals surface area contributed by atoms with Gasteiger partial charge in [0.1, 0.15) is 0 Å². The van der Waals surface area contributed by atoms with E-state index in [1.807, 2.05) is 12.3 Å². The summed E-state index contributed by atoms with van der Waals surface area (Å²) < 4.78 is 17.8. The van der Waals surface area contributed by atoms with Crippen LogP contribution >= 0.6 is 0 Å². The van der Waals surface area contributed by atoms with E-state index in [-0.39, 0.29) is 17.3 Å². The molecule has 118 valence electrons. The molecule has 1 saturated carbocycles. The van der Waals surface area contributed by atoms with Crippen LogP contribution in [0, 0.1) is 5.41 Å². The highest BCUT2D eigenvalue weighted by molar-refractivity contribution is 5.18. The van der Waals surface area contributed by atoms with Gasteiger partial charge >= 0.3 is 0 Å². The van der Waals surface area contributed by atoms with Crippen molar-refractivity contribution in [3.63, 3.8) is 0 Å². The van der Waals surface area contributed by atoms with Gasteiger partial charge in [-0.25, -0.2) is 0 Å². The molecular formula is C19H24O3. The summed E-state index contributed by atoms with van der Waals surface area (Å²) in [5.41, 5.74) is 1.35. The molecule has 0 radical (unpaired) electrons. The summed E-state index contributed by atoms with van der Waals surface area (Å²) in [5, 5.41) is 0. The van der Waals surface area contributed by atoms with Crippen LogP contribution in [0.25, 0.3) is 0 Å². The van der Waals surface area contributed by atoms with Crippen LogP contribution in [-0.4, -0.2) is 18.5 Å². The predicted molar refractivity (Wildman–Crippen MR) is 84.1 cm³/mol. The summed E-state index contributed by atoms with van der Waals surface area (Å²) in [6, 6.07) is 10.4. The Morgan fingerprint density at radius 2 is 2.00 bits per heavy atom. The average molecular weight is 300 g/mol. The molecule has 3 aliphatic rings. The molecule has 2 fully saturated rings. The van der Waals surface area contributed by atoms with E-state index in [1.165, 1.54) is 24.8 Å². The summed E-state index contributed by atoms with van der Waals surface area (Å²) >= 11 is 0. The second-order valence-electron chi connectivity index (χ2n) is 6.86. The van der Waals surface area contributed by atoms with E-state index in [0.29, 0.717) is 6.61 Å². The van der Waals surface area contributed by atoms with E-state index in [1.54, 1.807) is 0 Å².